The summed E-state index contributed by atoms with van der Waals surface area (Å²) in [5.41, 5.74) is 1.18. The van der Waals surface area contributed by atoms with Gasteiger partial charge in [0.1, 0.15) is 0 Å². The number of benzene rings is 1. The second kappa shape index (κ2) is 7.85. The van der Waals surface area contributed by atoms with Gasteiger partial charge in [-0.2, -0.15) is 0 Å². The monoisotopic (exact) mass is 373 g/mol. The Morgan fingerprint density at radius 3 is 2.89 bits per heavy atom. The number of likely N-dealkylation sites (tertiary alicyclic amines) is 1. The Bertz CT molecular complexity index is 865. The maximum atomic E-state index is 12.4. The number of nitrogens with zero attached hydrogens (tertiary/aromatic N) is 4. The Hall–Kier alpha value is -3.43. The number of amides is 2. The zero-order valence-corrected chi connectivity index (χ0v) is 14.7. The number of carbonyl (C=O) groups excluding carboxylic acids is 2. The van der Waals surface area contributed by atoms with Gasteiger partial charge in [-0.15, -0.1) is 5.10 Å². The zero-order chi connectivity index (χ0) is 19.4. The Labute approximate surface area is 154 Å². The van der Waals surface area contributed by atoms with E-state index in [1.165, 1.54) is 22.9 Å². The smallest absolute Gasteiger partial charge is 0.360 e. The van der Waals surface area contributed by atoms with Gasteiger partial charge in [0, 0.05) is 18.8 Å². The summed E-state index contributed by atoms with van der Waals surface area (Å²) in [4.78, 5) is 36.6. The number of aliphatic carboxylic acids is 1. The lowest BCUT2D eigenvalue weighted by Gasteiger charge is -2.30. The number of urea groups is 1. The first kappa shape index (κ1) is 18.4. The third-order valence-corrected chi connectivity index (χ3v) is 4.31. The van der Waals surface area contributed by atoms with Crippen molar-refractivity contribution in [2.75, 3.05) is 25.5 Å². The highest BCUT2D eigenvalue weighted by atomic mass is 16.5. The fraction of sp³-hybridized carbons (Fsp3) is 0.353. The van der Waals surface area contributed by atoms with E-state index in [0.29, 0.717) is 30.8 Å². The first-order chi connectivity index (χ1) is 13.0. The van der Waals surface area contributed by atoms with Gasteiger partial charge >= 0.3 is 18.0 Å². The van der Waals surface area contributed by atoms with Gasteiger partial charge in [0.05, 0.1) is 24.9 Å². The molecule has 10 nitrogen and oxygen atoms in total. The summed E-state index contributed by atoms with van der Waals surface area (Å²) in [6, 6.07) is 6.49. The second-order valence-corrected chi connectivity index (χ2v) is 6.14. The molecule has 1 unspecified atom stereocenters. The highest BCUT2D eigenvalue weighted by Crippen LogP contribution is 2.19. The lowest BCUT2D eigenvalue weighted by Crippen LogP contribution is -2.44. The number of ether oxygens (including phenoxy) is 1. The highest BCUT2D eigenvalue weighted by molar-refractivity contribution is 5.90. The molecule has 27 heavy (non-hydrogen) atoms. The summed E-state index contributed by atoms with van der Waals surface area (Å²) < 4.78 is 5.99. The maximum Gasteiger partial charge on any atom is 0.360 e. The molecule has 1 aliphatic heterocycles. The fourth-order valence-electron chi connectivity index (χ4n) is 2.88. The SMILES string of the molecule is COC(=O)c1cn(-c2cccc(NC(=O)N3CCCC(C(=O)O)C3)c2)nn1. The molecule has 2 aromatic rings. The average Bonchev–Trinajstić information content (AvgIpc) is 3.18. The number of hydrogen-bond donors (Lipinski definition) is 2. The van der Waals surface area contributed by atoms with Crippen LogP contribution < -0.4 is 5.32 Å². The number of piperidine rings is 1. The average molecular weight is 373 g/mol. The van der Waals surface area contributed by atoms with Crippen LogP contribution >= 0.6 is 0 Å². The molecular weight excluding hydrogens is 354 g/mol. The predicted octanol–water partition coefficient (Wildman–Crippen LogP) is 1.38. The number of carboxylic acids is 1. The zero-order valence-electron chi connectivity index (χ0n) is 14.7. The van der Waals surface area contributed by atoms with Crippen molar-refractivity contribution in [3.8, 4) is 5.69 Å². The van der Waals surface area contributed by atoms with Gasteiger partial charge in [-0.05, 0) is 31.0 Å². The van der Waals surface area contributed by atoms with E-state index in [1.54, 1.807) is 24.3 Å². The van der Waals surface area contributed by atoms with Crippen LogP contribution in [0.3, 0.4) is 0 Å². The topological polar surface area (TPSA) is 127 Å². The molecule has 0 radical (unpaired) electrons. The molecule has 2 amide bonds. The summed E-state index contributed by atoms with van der Waals surface area (Å²) in [6.07, 6.45) is 2.65. The van der Waals surface area contributed by atoms with Crippen molar-refractivity contribution in [1.29, 1.82) is 0 Å². The molecule has 1 aromatic heterocycles. The summed E-state index contributed by atoms with van der Waals surface area (Å²) >= 11 is 0. The van der Waals surface area contributed by atoms with E-state index in [0.717, 1.165) is 0 Å². The predicted molar refractivity (Wildman–Crippen MR) is 93.7 cm³/mol. The van der Waals surface area contributed by atoms with Crippen LogP contribution in [0.1, 0.15) is 23.3 Å². The Morgan fingerprint density at radius 1 is 1.33 bits per heavy atom. The molecule has 10 heteroatoms. The maximum absolute atomic E-state index is 12.4. The van der Waals surface area contributed by atoms with Crippen molar-refractivity contribution in [2.45, 2.75) is 12.8 Å². The molecule has 0 aliphatic carbocycles. The van der Waals surface area contributed by atoms with Crippen LogP contribution in [0.5, 0.6) is 0 Å². The Morgan fingerprint density at radius 2 is 2.15 bits per heavy atom. The molecule has 1 aromatic carbocycles. The van der Waals surface area contributed by atoms with Gasteiger partial charge in [0.25, 0.3) is 0 Å². The minimum Gasteiger partial charge on any atom is -0.481 e. The molecule has 1 fully saturated rings. The number of hydrogen-bond acceptors (Lipinski definition) is 6. The van der Waals surface area contributed by atoms with Crippen LogP contribution in [0.25, 0.3) is 5.69 Å². The summed E-state index contributed by atoms with van der Waals surface area (Å²) in [5.74, 6) is -2.02. The first-order valence-electron chi connectivity index (χ1n) is 8.38. The van der Waals surface area contributed by atoms with Gasteiger partial charge < -0.3 is 20.1 Å². The lowest BCUT2D eigenvalue weighted by atomic mass is 9.99. The van der Waals surface area contributed by atoms with Gasteiger partial charge in [-0.1, -0.05) is 11.3 Å². The second-order valence-electron chi connectivity index (χ2n) is 6.14. The number of methoxy groups -OCH3 is 1. The minimum absolute atomic E-state index is 0.0694. The molecular formula is C17H19N5O5. The number of rotatable bonds is 4. The van der Waals surface area contributed by atoms with Gasteiger partial charge in [0.2, 0.25) is 0 Å². The van der Waals surface area contributed by atoms with Crippen LogP contribution in [-0.4, -0.2) is 63.2 Å². The van der Waals surface area contributed by atoms with Gasteiger partial charge in [0.15, 0.2) is 5.69 Å². The van der Waals surface area contributed by atoms with Crippen molar-refractivity contribution >= 4 is 23.7 Å². The number of esters is 1. The highest BCUT2D eigenvalue weighted by Gasteiger charge is 2.28. The molecule has 0 spiro atoms. The molecule has 1 saturated heterocycles. The summed E-state index contributed by atoms with van der Waals surface area (Å²) in [6.45, 7) is 0.702. The van der Waals surface area contributed by atoms with Crippen molar-refractivity contribution < 1.29 is 24.2 Å². The van der Waals surface area contributed by atoms with E-state index in [1.807, 2.05) is 0 Å². The molecule has 1 aliphatic rings. The summed E-state index contributed by atoms with van der Waals surface area (Å²) in [7, 11) is 1.26. The van der Waals surface area contributed by atoms with E-state index in [9.17, 15) is 14.4 Å². The van der Waals surface area contributed by atoms with E-state index in [4.69, 9.17) is 5.11 Å². The van der Waals surface area contributed by atoms with E-state index in [-0.39, 0.29) is 18.3 Å². The number of carbonyl (C=O) groups is 3. The Kier molecular flexibility index (Phi) is 5.34. The third-order valence-electron chi connectivity index (χ3n) is 4.31. The number of anilines is 1. The Balaban J connectivity index is 1.70. The normalized spacial score (nSPS) is 16.6. The fourth-order valence-corrected chi connectivity index (χ4v) is 2.88. The summed E-state index contributed by atoms with van der Waals surface area (Å²) in [5, 5.41) is 19.5. The molecule has 0 saturated carbocycles. The van der Waals surface area contributed by atoms with E-state index in [2.05, 4.69) is 20.4 Å². The molecule has 2 heterocycles. The van der Waals surface area contributed by atoms with Crippen molar-refractivity contribution in [3.05, 3.63) is 36.2 Å². The van der Waals surface area contributed by atoms with E-state index >= 15 is 0 Å². The molecule has 1 atom stereocenters. The largest absolute Gasteiger partial charge is 0.481 e. The molecule has 2 N–H and O–H groups in total. The van der Waals surface area contributed by atoms with Crippen LogP contribution in [0.2, 0.25) is 0 Å². The van der Waals surface area contributed by atoms with E-state index < -0.39 is 17.9 Å². The standard InChI is InChI=1S/C17H19N5O5/c1-27-16(25)14-10-22(20-19-14)13-6-2-5-12(8-13)18-17(26)21-7-3-4-11(9-21)15(23)24/h2,5-6,8,10-11H,3-4,7,9H2,1H3,(H,18,26)(H,23,24). The van der Waals surface area contributed by atoms with Crippen LogP contribution in [0.15, 0.2) is 30.5 Å². The molecule has 0 bridgehead atoms. The van der Waals surface area contributed by atoms with Gasteiger partial charge in [-0.3, -0.25) is 4.79 Å². The number of nitrogens with one attached hydrogen (secondary N) is 1. The molecule has 3 rings (SSSR count). The van der Waals surface area contributed by atoms with Crippen LogP contribution in [0, 0.1) is 5.92 Å². The van der Waals surface area contributed by atoms with Crippen molar-refractivity contribution in [1.82, 2.24) is 19.9 Å². The number of carboxylic acid groups (broad SMARTS) is 1. The number of aromatic nitrogens is 3. The molecule has 142 valence electrons. The van der Waals surface area contributed by atoms with Crippen molar-refractivity contribution in [2.24, 2.45) is 5.92 Å². The quantitative estimate of drug-likeness (QED) is 0.775. The van der Waals surface area contributed by atoms with Crippen LogP contribution in [-0.2, 0) is 9.53 Å². The first-order valence-corrected chi connectivity index (χ1v) is 8.38. The minimum atomic E-state index is -0.887. The third kappa shape index (κ3) is 4.22. The lowest BCUT2D eigenvalue weighted by molar-refractivity contribution is -0.143. The van der Waals surface area contributed by atoms with Crippen molar-refractivity contribution in [3.63, 3.8) is 0 Å². The van der Waals surface area contributed by atoms with Crippen LogP contribution in [0.4, 0.5) is 10.5 Å². The van der Waals surface area contributed by atoms with Gasteiger partial charge in [-0.25, -0.2) is 14.3 Å².